The molecule has 1 N–H and O–H groups in total. The van der Waals surface area contributed by atoms with Crippen molar-refractivity contribution in [3.8, 4) is 0 Å². The Hall–Kier alpha value is -2.01. The van der Waals surface area contributed by atoms with Gasteiger partial charge in [-0.1, -0.05) is 6.42 Å². The third kappa shape index (κ3) is 3.55. The molecule has 1 fully saturated rings. The van der Waals surface area contributed by atoms with Crippen LogP contribution in [-0.2, 0) is 17.9 Å². The lowest BCUT2D eigenvalue weighted by molar-refractivity contribution is -0.135. The summed E-state index contributed by atoms with van der Waals surface area (Å²) < 4.78 is 10.8. The molecule has 1 atom stereocenters. The molecule has 1 aliphatic heterocycles. The van der Waals surface area contributed by atoms with Crippen LogP contribution in [0.2, 0.25) is 0 Å². The summed E-state index contributed by atoms with van der Waals surface area (Å²) in [5, 5.41) is 3.31. The predicted octanol–water partition coefficient (Wildman–Crippen LogP) is 2.54. The molecule has 0 aromatic carbocycles. The van der Waals surface area contributed by atoms with E-state index in [0.717, 1.165) is 37.3 Å². The number of amides is 1. The van der Waals surface area contributed by atoms with Crippen LogP contribution in [0.25, 0.3) is 0 Å². The van der Waals surface area contributed by atoms with E-state index in [-0.39, 0.29) is 11.9 Å². The second kappa shape index (κ2) is 6.63. The second-order valence-corrected chi connectivity index (χ2v) is 5.36. The summed E-state index contributed by atoms with van der Waals surface area (Å²) in [5.41, 5.74) is 0. The fourth-order valence-corrected chi connectivity index (χ4v) is 2.68. The van der Waals surface area contributed by atoms with Crippen LogP contribution in [0.5, 0.6) is 0 Å². The van der Waals surface area contributed by atoms with Crippen molar-refractivity contribution in [2.45, 2.75) is 38.4 Å². The first-order valence-corrected chi connectivity index (χ1v) is 7.40. The molecule has 0 radical (unpaired) electrons. The summed E-state index contributed by atoms with van der Waals surface area (Å²) in [6.45, 7) is 1.83. The van der Waals surface area contributed by atoms with E-state index in [0.29, 0.717) is 13.1 Å². The SMILES string of the molecule is O=C([C@H]1CCCCN1)N(Cc1ccco1)Cc1ccco1. The second-order valence-electron chi connectivity index (χ2n) is 5.36. The highest BCUT2D eigenvalue weighted by molar-refractivity contribution is 5.81. The third-order valence-electron chi connectivity index (χ3n) is 3.77. The molecule has 0 unspecified atom stereocenters. The maximum absolute atomic E-state index is 12.7. The molecule has 1 amide bonds. The summed E-state index contributed by atoms with van der Waals surface area (Å²) in [6.07, 6.45) is 6.39. The Bertz CT molecular complexity index is 506. The molecular formula is C16H20N2O3. The summed E-state index contributed by atoms with van der Waals surface area (Å²) in [6, 6.07) is 7.35. The number of carbonyl (C=O) groups excluding carboxylic acids is 1. The van der Waals surface area contributed by atoms with E-state index in [1.165, 1.54) is 0 Å². The monoisotopic (exact) mass is 288 g/mol. The van der Waals surface area contributed by atoms with E-state index in [2.05, 4.69) is 5.32 Å². The number of hydrogen-bond acceptors (Lipinski definition) is 4. The van der Waals surface area contributed by atoms with Gasteiger partial charge in [-0.2, -0.15) is 0 Å². The molecule has 0 aliphatic carbocycles. The summed E-state index contributed by atoms with van der Waals surface area (Å²) in [5.74, 6) is 1.68. The van der Waals surface area contributed by atoms with Gasteiger partial charge in [-0.15, -0.1) is 0 Å². The van der Waals surface area contributed by atoms with Crippen molar-refractivity contribution < 1.29 is 13.6 Å². The van der Waals surface area contributed by atoms with E-state index < -0.39 is 0 Å². The van der Waals surface area contributed by atoms with Gasteiger partial charge in [-0.3, -0.25) is 4.79 Å². The molecule has 1 saturated heterocycles. The zero-order chi connectivity index (χ0) is 14.5. The van der Waals surface area contributed by atoms with E-state index in [9.17, 15) is 4.79 Å². The van der Waals surface area contributed by atoms with Gasteiger partial charge in [-0.05, 0) is 43.7 Å². The van der Waals surface area contributed by atoms with Crippen LogP contribution >= 0.6 is 0 Å². The third-order valence-corrected chi connectivity index (χ3v) is 3.77. The van der Waals surface area contributed by atoms with Gasteiger partial charge in [0.15, 0.2) is 0 Å². The topological polar surface area (TPSA) is 58.6 Å². The Labute approximate surface area is 123 Å². The normalized spacial score (nSPS) is 18.6. The molecule has 3 heterocycles. The predicted molar refractivity (Wildman–Crippen MR) is 77.3 cm³/mol. The Morgan fingerprint density at radius 2 is 1.81 bits per heavy atom. The Kier molecular flexibility index (Phi) is 4.40. The van der Waals surface area contributed by atoms with E-state index in [1.807, 2.05) is 24.3 Å². The number of hydrogen-bond donors (Lipinski definition) is 1. The Balaban J connectivity index is 1.72. The van der Waals surface area contributed by atoms with E-state index in [1.54, 1.807) is 17.4 Å². The maximum atomic E-state index is 12.7. The van der Waals surface area contributed by atoms with Gasteiger partial charge < -0.3 is 19.1 Å². The lowest BCUT2D eigenvalue weighted by Crippen LogP contribution is -2.48. The van der Waals surface area contributed by atoms with Crippen LogP contribution < -0.4 is 5.32 Å². The van der Waals surface area contributed by atoms with Crippen molar-refractivity contribution >= 4 is 5.91 Å². The van der Waals surface area contributed by atoms with E-state index >= 15 is 0 Å². The molecule has 0 saturated carbocycles. The number of rotatable bonds is 5. The average molecular weight is 288 g/mol. The molecule has 1 aliphatic rings. The number of nitrogens with zero attached hydrogens (tertiary/aromatic N) is 1. The molecule has 5 heteroatoms. The number of piperidine rings is 1. The Morgan fingerprint density at radius 3 is 2.29 bits per heavy atom. The molecule has 112 valence electrons. The van der Waals surface area contributed by atoms with Gasteiger partial charge in [-0.25, -0.2) is 0 Å². The van der Waals surface area contributed by atoms with E-state index in [4.69, 9.17) is 8.83 Å². The lowest BCUT2D eigenvalue weighted by Gasteiger charge is -2.29. The zero-order valence-corrected chi connectivity index (χ0v) is 12.0. The quantitative estimate of drug-likeness (QED) is 0.918. The number of carbonyl (C=O) groups is 1. The highest BCUT2D eigenvalue weighted by atomic mass is 16.3. The van der Waals surface area contributed by atoms with Crippen LogP contribution in [0.15, 0.2) is 45.6 Å². The van der Waals surface area contributed by atoms with Gasteiger partial charge in [0.25, 0.3) is 0 Å². The fraction of sp³-hybridized carbons (Fsp3) is 0.438. The highest BCUT2D eigenvalue weighted by Crippen LogP contribution is 2.16. The molecule has 5 nitrogen and oxygen atoms in total. The minimum absolute atomic E-state index is 0.0938. The van der Waals surface area contributed by atoms with Gasteiger partial charge >= 0.3 is 0 Å². The minimum atomic E-state index is -0.0938. The fourth-order valence-electron chi connectivity index (χ4n) is 2.68. The van der Waals surface area contributed by atoms with Crippen molar-refractivity contribution in [1.29, 1.82) is 0 Å². The van der Waals surface area contributed by atoms with Crippen LogP contribution in [0.3, 0.4) is 0 Å². The molecule has 3 rings (SSSR count). The first kappa shape index (κ1) is 13.9. The molecule has 2 aromatic rings. The number of nitrogens with one attached hydrogen (secondary N) is 1. The van der Waals surface area contributed by atoms with Crippen LogP contribution in [0, 0.1) is 0 Å². The highest BCUT2D eigenvalue weighted by Gasteiger charge is 2.26. The smallest absolute Gasteiger partial charge is 0.240 e. The summed E-state index contributed by atoms with van der Waals surface area (Å²) in [4.78, 5) is 14.5. The average Bonchev–Trinajstić information content (AvgIpc) is 3.20. The largest absolute Gasteiger partial charge is 0.467 e. The van der Waals surface area contributed by atoms with Crippen molar-refractivity contribution in [3.63, 3.8) is 0 Å². The van der Waals surface area contributed by atoms with Gasteiger partial charge in [0, 0.05) is 0 Å². The van der Waals surface area contributed by atoms with Gasteiger partial charge in [0.05, 0.1) is 31.7 Å². The number of furan rings is 2. The summed E-state index contributed by atoms with van der Waals surface area (Å²) >= 11 is 0. The minimum Gasteiger partial charge on any atom is -0.467 e. The molecule has 21 heavy (non-hydrogen) atoms. The van der Waals surface area contributed by atoms with Crippen LogP contribution in [0.1, 0.15) is 30.8 Å². The van der Waals surface area contributed by atoms with Crippen molar-refractivity contribution in [2.24, 2.45) is 0 Å². The molecule has 0 spiro atoms. The molecular weight excluding hydrogens is 268 g/mol. The zero-order valence-electron chi connectivity index (χ0n) is 12.0. The van der Waals surface area contributed by atoms with Crippen LogP contribution in [-0.4, -0.2) is 23.4 Å². The lowest BCUT2D eigenvalue weighted by atomic mass is 10.0. The first-order valence-electron chi connectivity index (χ1n) is 7.40. The van der Waals surface area contributed by atoms with Crippen molar-refractivity contribution in [1.82, 2.24) is 10.2 Å². The first-order chi connectivity index (χ1) is 10.3. The van der Waals surface area contributed by atoms with Gasteiger partial charge in [0.2, 0.25) is 5.91 Å². The van der Waals surface area contributed by atoms with Gasteiger partial charge in [0.1, 0.15) is 11.5 Å². The standard InChI is InChI=1S/C16H20N2O3/c19-16(15-7-1-2-8-17-15)18(11-13-5-3-9-20-13)12-14-6-4-10-21-14/h3-6,9-10,15,17H,1-2,7-8,11-12H2/t15-/m1/s1. The maximum Gasteiger partial charge on any atom is 0.240 e. The molecule has 2 aromatic heterocycles. The van der Waals surface area contributed by atoms with Crippen molar-refractivity contribution in [2.75, 3.05) is 6.54 Å². The van der Waals surface area contributed by atoms with Crippen LogP contribution in [0.4, 0.5) is 0 Å². The Morgan fingerprint density at radius 1 is 1.14 bits per heavy atom. The molecule has 0 bridgehead atoms. The summed E-state index contributed by atoms with van der Waals surface area (Å²) in [7, 11) is 0. The van der Waals surface area contributed by atoms with Crippen molar-refractivity contribution in [3.05, 3.63) is 48.3 Å².